The van der Waals surface area contributed by atoms with E-state index in [9.17, 15) is 41.1 Å². The average molecular weight is 832 g/mol. The van der Waals surface area contributed by atoms with E-state index in [-0.39, 0.29) is 29.6 Å². The van der Waals surface area contributed by atoms with Crippen LogP contribution in [-0.2, 0) is 66.9 Å². The number of thioether (sulfide) groups is 2. The Morgan fingerprint density at radius 2 is 1.29 bits per heavy atom. The molecule has 0 heterocycles. The summed E-state index contributed by atoms with van der Waals surface area (Å²) in [5.74, 6) is -5.60. The Labute approximate surface area is 310 Å². The topological polar surface area (TPSA) is 265 Å². The summed E-state index contributed by atoms with van der Waals surface area (Å²) in [4.78, 5) is 48.7. The molecule has 23 heteroatoms. The SMILES string of the molecule is CCO[Si](CCCNC(=O)CSCC(C)C(=O)OCC(O)COC(=O)CCSCC(C)C(=O)OC(CS(=O)(=O)O)CS(=O)(=O)O)(OCC)OCC. The number of aliphatic hydroxyl groups is 1. The highest BCUT2D eigenvalue weighted by Crippen LogP contribution is 2.18. The molecule has 0 bridgehead atoms. The fourth-order valence-corrected chi connectivity index (χ4v) is 9.90. The molecule has 0 rings (SSSR count). The van der Waals surface area contributed by atoms with Gasteiger partial charge in [-0.25, -0.2) is 0 Å². The molecule has 0 aromatic carbocycles. The monoisotopic (exact) mass is 831 g/mol. The summed E-state index contributed by atoms with van der Waals surface area (Å²) in [6.07, 6.45) is -2.59. The summed E-state index contributed by atoms with van der Waals surface area (Å²) in [7, 11) is -12.2. The summed E-state index contributed by atoms with van der Waals surface area (Å²) in [5.41, 5.74) is 0. The number of rotatable bonds is 30. The van der Waals surface area contributed by atoms with Crippen molar-refractivity contribution in [2.45, 2.75) is 65.7 Å². The van der Waals surface area contributed by atoms with Gasteiger partial charge < -0.3 is 37.9 Å². The van der Waals surface area contributed by atoms with Crippen LogP contribution in [0.5, 0.6) is 0 Å². The van der Waals surface area contributed by atoms with Crippen molar-refractivity contribution in [3.8, 4) is 0 Å². The molecule has 51 heavy (non-hydrogen) atoms. The number of esters is 3. The molecule has 0 aliphatic heterocycles. The van der Waals surface area contributed by atoms with Gasteiger partial charge in [-0.15, -0.1) is 0 Å². The van der Waals surface area contributed by atoms with E-state index in [2.05, 4.69) is 5.32 Å². The summed E-state index contributed by atoms with van der Waals surface area (Å²) in [5, 5.41) is 12.9. The molecular formula is C28H53NO17S4Si. The van der Waals surface area contributed by atoms with Crippen molar-refractivity contribution >= 4 is 76.4 Å². The fraction of sp³-hybridized carbons (Fsp3) is 0.857. The second-order valence-electron chi connectivity index (χ2n) is 11.1. The lowest BCUT2D eigenvalue weighted by molar-refractivity contribution is -0.154. The second-order valence-corrected chi connectivity index (χ2v) is 19.0. The lowest BCUT2D eigenvalue weighted by atomic mass is 10.2. The molecule has 0 aromatic heterocycles. The summed E-state index contributed by atoms with van der Waals surface area (Å²) in [6.45, 7) is 9.64. The number of hydrogen-bond acceptors (Lipinski definition) is 17. The lowest BCUT2D eigenvalue weighted by Crippen LogP contribution is -2.46. The minimum Gasteiger partial charge on any atom is -0.463 e. The molecule has 0 aromatic rings. The quantitative estimate of drug-likeness (QED) is 0.0256. The zero-order valence-corrected chi connectivity index (χ0v) is 33.9. The Morgan fingerprint density at radius 3 is 1.82 bits per heavy atom. The minimum absolute atomic E-state index is 0.0943. The van der Waals surface area contributed by atoms with Gasteiger partial charge in [0.2, 0.25) is 5.91 Å². The van der Waals surface area contributed by atoms with Gasteiger partial charge in [0.05, 0.1) is 24.0 Å². The van der Waals surface area contributed by atoms with E-state index in [0.29, 0.717) is 44.6 Å². The maximum Gasteiger partial charge on any atom is 0.500 e. The standard InChI is InChI=1S/C28H53NO17S4Si/c1-6-43-51(44-7-2,45-8-3)13-9-11-29-25(31)18-48-17-21(4)27(33)42-15-23(30)14-41-26(32)10-12-47-16-22(5)28(34)46-24(19-49(35,36)37)20-50(38,39)40/h21-24,30H,6-20H2,1-5H3,(H,29,31)(H,35,36,37)(H,38,39,40). The fourth-order valence-electron chi connectivity index (χ4n) is 3.96. The van der Waals surface area contributed by atoms with Gasteiger partial charge in [-0.2, -0.15) is 40.4 Å². The first-order chi connectivity index (χ1) is 23.8. The van der Waals surface area contributed by atoms with Crippen LogP contribution >= 0.6 is 23.5 Å². The average Bonchev–Trinajstić information content (AvgIpc) is 3.01. The van der Waals surface area contributed by atoms with Crippen molar-refractivity contribution in [1.82, 2.24) is 5.32 Å². The molecule has 0 fully saturated rings. The molecule has 18 nitrogen and oxygen atoms in total. The maximum absolute atomic E-state index is 12.3. The Bertz CT molecular complexity index is 1220. The predicted molar refractivity (Wildman–Crippen MR) is 191 cm³/mol. The van der Waals surface area contributed by atoms with Crippen molar-refractivity contribution in [3.05, 3.63) is 0 Å². The summed E-state index contributed by atoms with van der Waals surface area (Å²) in [6, 6.07) is 0.572. The molecule has 0 saturated heterocycles. The van der Waals surface area contributed by atoms with Crippen LogP contribution < -0.4 is 5.32 Å². The van der Waals surface area contributed by atoms with Gasteiger partial charge in [0.15, 0.2) is 0 Å². The van der Waals surface area contributed by atoms with E-state index in [0.717, 1.165) is 11.8 Å². The van der Waals surface area contributed by atoms with Crippen molar-refractivity contribution < 1.29 is 77.7 Å². The molecule has 1 amide bonds. The van der Waals surface area contributed by atoms with Gasteiger partial charge in [0.25, 0.3) is 20.2 Å². The largest absolute Gasteiger partial charge is 0.500 e. The van der Waals surface area contributed by atoms with E-state index in [1.165, 1.54) is 18.7 Å². The zero-order chi connectivity index (χ0) is 39.1. The highest BCUT2D eigenvalue weighted by atomic mass is 32.2. The van der Waals surface area contributed by atoms with E-state index in [1.807, 2.05) is 20.8 Å². The third kappa shape index (κ3) is 26.0. The van der Waals surface area contributed by atoms with Crippen LogP contribution in [-0.4, -0.2) is 150 Å². The van der Waals surface area contributed by atoms with Crippen LogP contribution in [0.3, 0.4) is 0 Å². The van der Waals surface area contributed by atoms with Gasteiger partial charge in [0.1, 0.15) is 36.9 Å². The van der Waals surface area contributed by atoms with Crippen LogP contribution in [0.1, 0.15) is 47.5 Å². The number of amides is 1. The van der Waals surface area contributed by atoms with Crippen molar-refractivity contribution in [1.29, 1.82) is 0 Å². The Hall–Kier alpha value is -1.54. The van der Waals surface area contributed by atoms with Gasteiger partial charge >= 0.3 is 26.7 Å². The first-order valence-corrected chi connectivity index (χ1v) is 23.7. The number of aliphatic hydroxyl groups excluding tert-OH is 1. The molecule has 0 spiro atoms. The van der Waals surface area contributed by atoms with Crippen LogP contribution in [0.4, 0.5) is 0 Å². The number of nitrogens with one attached hydrogen (secondary N) is 1. The molecule has 3 unspecified atom stereocenters. The van der Waals surface area contributed by atoms with Crippen molar-refractivity contribution in [2.24, 2.45) is 11.8 Å². The maximum atomic E-state index is 12.3. The molecule has 3 atom stereocenters. The second kappa shape index (κ2) is 26.3. The van der Waals surface area contributed by atoms with Gasteiger partial charge in [0, 0.05) is 49.7 Å². The van der Waals surface area contributed by atoms with E-state index in [1.54, 1.807) is 6.92 Å². The summed E-state index contributed by atoms with van der Waals surface area (Å²) >= 11 is 2.39. The van der Waals surface area contributed by atoms with Crippen molar-refractivity contribution in [3.63, 3.8) is 0 Å². The Kier molecular flexibility index (Phi) is 25.5. The Balaban J connectivity index is 4.27. The first kappa shape index (κ1) is 49.5. The van der Waals surface area contributed by atoms with Crippen LogP contribution in [0.25, 0.3) is 0 Å². The van der Waals surface area contributed by atoms with Crippen LogP contribution in [0.15, 0.2) is 0 Å². The third-order valence-corrected chi connectivity index (χ3v) is 13.4. The molecule has 0 radical (unpaired) electrons. The Morgan fingerprint density at radius 1 is 0.784 bits per heavy atom. The number of carbonyl (C=O) groups excluding carboxylic acids is 4. The molecular weight excluding hydrogens is 779 g/mol. The number of carbonyl (C=O) groups is 4. The minimum atomic E-state index is -4.71. The van der Waals surface area contributed by atoms with Crippen LogP contribution in [0.2, 0.25) is 6.04 Å². The zero-order valence-electron chi connectivity index (χ0n) is 29.6. The van der Waals surface area contributed by atoms with Crippen LogP contribution in [0, 0.1) is 11.8 Å². The lowest BCUT2D eigenvalue weighted by Gasteiger charge is -2.28. The highest BCUT2D eigenvalue weighted by Gasteiger charge is 2.39. The molecule has 300 valence electrons. The van der Waals surface area contributed by atoms with Crippen molar-refractivity contribution in [2.75, 3.05) is 74.1 Å². The number of ether oxygens (including phenoxy) is 3. The van der Waals surface area contributed by atoms with Gasteiger partial charge in [-0.05, 0) is 27.2 Å². The third-order valence-electron chi connectivity index (χ3n) is 6.23. The first-order valence-electron chi connectivity index (χ1n) is 16.2. The molecule has 0 aliphatic carbocycles. The predicted octanol–water partition coefficient (Wildman–Crippen LogP) is 0.805. The van der Waals surface area contributed by atoms with E-state index < -0.39 is 95.7 Å². The summed E-state index contributed by atoms with van der Waals surface area (Å²) < 4.78 is 94.4. The normalized spacial score (nSPS) is 14.1. The molecule has 4 N–H and O–H groups in total. The van der Waals surface area contributed by atoms with E-state index in [4.69, 9.17) is 36.6 Å². The highest BCUT2D eigenvalue weighted by molar-refractivity contribution is 8.00. The number of hydrogen-bond donors (Lipinski definition) is 4. The van der Waals surface area contributed by atoms with Gasteiger partial charge in [-0.1, -0.05) is 13.8 Å². The smallest absolute Gasteiger partial charge is 0.463 e. The molecule has 0 saturated carbocycles. The molecule has 0 aliphatic rings. The van der Waals surface area contributed by atoms with Gasteiger partial charge in [-0.3, -0.25) is 28.3 Å². The van der Waals surface area contributed by atoms with E-state index >= 15 is 0 Å².